The first kappa shape index (κ1) is 21.5. The maximum absolute atomic E-state index is 13.4. The third-order valence-corrected chi connectivity index (χ3v) is 6.78. The Bertz CT molecular complexity index is 990. The molecule has 0 atom stereocenters. The van der Waals surface area contributed by atoms with Gasteiger partial charge in [-0.05, 0) is 36.2 Å². The van der Waals surface area contributed by atoms with Gasteiger partial charge in [0, 0.05) is 60.0 Å². The van der Waals surface area contributed by atoms with Crippen LogP contribution in [0, 0.1) is 20.9 Å². The van der Waals surface area contributed by atoms with E-state index in [1.54, 1.807) is 12.1 Å². The van der Waals surface area contributed by atoms with Crippen LogP contribution < -0.4 is 0 Å². The Balaban J connectivity index is 1.96. The lowest BCUT2D eigenvalue weighted by Crippen LogP contribution is -2.44. The molecule has 0 saturated heterocycles. The van der Waals surface area contributed by atoms with Gasteiger partial charge in [0.15, 0.2) is 11.6 Å². The van der Waals surface area contributed by atoms with Crippen molar-refractivity contribution < 1.29 is 14.5 Å². The second kappa shape index (κ2) is 7.14. The van der Waals surface area contributed by atoms with Crippen LogP contribution in [0.15, 0.2) is 46.8 Å². The maximum Gasteiger partial charge on any atom is 0.269 e. The summed E-state index contributed by atoms with van der Waals surface area (Å²) >= 11 is 0. The molecule has 1 heterocycles. The highest BCUT2D eigenvalue weighted by atomic mass is 16.6. The van der Waals surface area contributed by atoms with E-state index >= 15 is 0 Å². The molecule has 0 fully saturated rings. The lowest BCUT2D eigenvalue weighted by molar-refractivity contribution is -0.384. The van der Waals surface area contributed by atoms with E-state index in [2.05, 4.69) is 39.5 Å². The monoisotopic (exact) mass is 422 g/mol. The highest BCUT2D eigenvalue weighted by Crippen LogP contribution is 2.54. The number of hydrogen-bond acceptors (Lipinski definition) is 5. The average molecular weight is 423 g/mol. The number of carbonyl (C=O) groups excluding carboxylic acids is 2. The first-order chi connectivity index (χ1) is 14.4. The second-order valence-electron chi connectivity index (χ2n) is 10.6. The van der Waals surface area contributed by atoms with Crippen LogP contribution in [0.3, 0.4) is 0 Å². The SMILES string of the molecule is CCN1C2=C(C(=O)CC(C)(C)C2)C(c2ccc([N+](=O)[O-])cc2)C2=C1CC(C)(C)CC2=O. The van der Waals surface area contributed by atoms with Gasteiger partial charge in [-0.3, -0.25) is 19.7 Å². The van der Waals surface area contributed by atoms with Crippen LogP contribution in [0.1, 0.15) is 71.8 Å². The fourth-order valence-electron chi connectivity index (χ4n) is 5.55. The minimum absolute atomic E-state index is 0.00496. The van der Waals surface area contributed by atoms with Crippen molar-refractivity contribution in [1.29, 1.82) is 0 Å². The van der Waals surface area contributed by atoms with Gasteiger partial charge in [0.05, 0.1) is 4.92 Å². The molecule has 1 aromatic rings. The van der Waals surface area contributed by atoms with Gasteiger partial charge >= 0.3 is 0 Å². The number of nitro groups is 1. The van der Waals surface area contributed by atoms with Crippen molar-refractivity contribution in [1.82, 2.24) is 4.90 Å². The zero-order chi connectivity index (χ0) is 22.7. The topological polar surface area (TPSA) is 80.5 Å². The first-order valence-corrected chi connectivity index (χ1v) is 11.0. The Hall–Kier alpha value is -2.76. The molecular weight excluding hydrogens is 392 g/mol. The van der Waals surface area contributed by atoms with Gasteiger partial charge in [-0.2, -0.15) is 0 Å². The maximum atomic E-state index is 13.4. The molecule has 4 rings (SSSR count). The van der Waals surface area contributed by atoms with E-state index in [0.717, 1.165) is 29.8 Å². The van der Waals surface area contributed by atoms with E-state index in [4.69, 9.17) is 0 Å². The Kier molecular flexibility index (Phi) is 4.95. The minimum Gasteiger partial charge on any atom is -0.348 e. The highest BCUT2D eigenvalue weighted by Gasteiger charge is 2.48. The predicted molar refractivity (Wildman–Crippen MR) is 118 cm³/mol. The molecular formula is C25H30N2O4. The number of carbonyl (C=O) groups is 2. The first-order valence-electron chi connectivity index (χ1n) is 11.0. The summed E-state index contributed by atoms with van der Waals surface area (Å²) in [5.74, 6) is -0.282. The summed E-state index contributed by atoms with van der Waals surface area (Å²) in [7, 11) is 0. The van der Waals surface area contributed by atoms with Crippen molar-refractivity contribution in [3.8, 4) is 0 Å². The number of ketones is 2. The number of Topliss-reactive ketones (excluding diaryl/α,β-unsaturated/α-hetero) is 2. The normalized spacial score (nSPS) is 23.1. The third kappa shape index (κ3) is 3.62. The van der Waals surface area contributed by atoms with Crippen LogP contribution in [0.4, 0.5) is 5.69 Å². The van der Waals surface area contributed by atoms with Gasteiger partial charge in [-0.25, -0.2) is 0 Å². The summed E-state index contributed by atoms with van der Waals surface area (Å²) in [6.07, 6.45) is 2.43. The molecule has 0 N–H and O–H groups in total. The van der Waals surface area contributed by atoms with Crippen molar-refractivity contribution in [2.75, 3.05) is 6.54 Å². The van der Waals surface area contributed by atoms with Crippen LogP contribution in [0.2, 0.25) is 0 Å². The van der Waals surface area contributed by atoms with Crippen LogP contribution in [-0.2, 0) is 9.59 Å². The molecule has 1 aromatic carbocycles. The van der Waals surface area contributed by atoms with Gasteiger partial charge in [0.1, 0.15) is 0 Å². The molecule has 164 valence electrons. The molecule has 6 heteroatoms. The van der Waals surface area contributed by atoms with Gasteiger partial charge in [0.25, 0.3) is 5.69 Å². The molecule has 0 amide bonds. The number of benzene rings is 1. The summed E-state index contributed by atoms with van der Waals surface area (Å²) in [4.78, 5) is 39.8. The van der Waals surface area contributed by atoms with Gasteiger partial charge in [-0.15, -0.1) is 0 Å². The molecule has 1 aliphatic heterocycles. The highest BCUT2D eigenvalue weighted by molar-refractivity contribution is 6.06. The number of nitro benzene ring substituents is 1. The van der Waals surface area contributed by atoms with E-state index in [1.807, 2.05) is 0 Å². The second-order valence-corrected chi connectivity index (χ2v) is 10.6. The van der Waals surface area contributed by atoms with Gasteiger partial charge in [-0.1, -0.05) is 39.8 Å². The molecule has 0 aromatic heterocycles. The Morgan fingerprint density at radius 2 is 1.35 bits per heavy atom. The smallest absolute Gasteiger partial charge is 0.269 e. The third-order valence-electron chi connectivity index (χ3n) is 6.78. The van der Waals surface area contributed by atoms with E-state index in [9.17, 15) is 19.7 Å². The molecule has 0 radical (unpaired) electrons. The molecule has 0 unspecified atom stereocenters. The Morgan fingerprint density at radius 3 is 1.74 bits per heavy atom. The average Bonchev–Trinajstić information content (AvgIpc) is 2.64. The molecule has 31 heavy (non-hydrogen) atoms. The molecule has 0 bridgehead atoms. The zero-order valence-corrected chi connectivity index (χ0v) is 18.9. The summed E-state index contributed by atoms with van der Waals surface area (Å²) in [6, 6.07) is 6.35. The zero-order valence-electron chi connectivity index (χ0n) is 18.9. The fraction of sp³-hybridized carbons (Fsp3) is 0.520. The van der Waals surface area contributed by atoms with Crippen LogP contribution in [-0.4, -0.2) is 27.9 Å². The predicted octanol–water partition coefficient (Wildman–Crippen LogP) is 5.30. The van der Waals surface area contributed by atoms with E-state index < -0.39 is 10.8 Å². The number of allylic oxidation sites excluding steroid dienone is 4. The number of nitrogens with zero attached hydrogens (tertiary/aromatic N) is 2. The van der Waals surface area contributed by atoms with E-state index in [-0.39, 0.29) is 28.1 Å². The van der Waals surface area contributed by atoms with E-state index in [1.165, 1.54) is 12.1 Å². The summed E-state index contributed by atoms with van der Waals surface area (Å²) in [5, 5.41) is 11.1. The summed E-state index contributed by atoms with van der Waals surface area (Å²) in [6.45, 7) is 11.2. The fourth-order valence-corrected chi connectivity index (χ4v) is 5.55. The Morgan fingerprint density at radius 1 is 0.903 bits per heavy atom. The van der Waals surface area contributed by atoms with Crippen molar-refractivity contribution in [2.45, 2.75) is 66.2 Å². The van der Waals surface area contributed by atoms with Crippen LogP contribution in [0.5, 0.6) is 0 Å². The number of non-ortho nitro benzene ring substituents is 1. The molecule has 2 aliphatic carbocycles. The molecule has 3 aliphatic rings. The molecule has 0 saturated carbocycles. The van der Waals surface area contributed by atoms with Crippen molar-refractivity contribution in [3.05, 3.63) is 62.5 Å². The Labute approximate surface area is 183 Å². The van der Waals surface area contributed by atoms with E-state index in [0.29, 0.717) is 30.5 Å². The molecule has 0 spiro atoms. The van der Waals surface area contributed by atoms with Gasteiger partial charge < -0.3 is 4.90 Å². The number of rotatable bonds is 3. The summed E-state index contributed by atoms with van der Waals surface area (Å²) in [5.41, 5.74) is 3.97. The quantitative estimate of drug-likeness (QED) is 0.488. The lowest BCUT2D eigenvalue weighted by Gasteiger charge is -2.48. The largest absolute Gasteiger partial charge is 0.348 e. The standard InChI is InChI=1S/C25H30N2O4/c1-6-26-17-11-24(2,3)13-19(28)22(17)21(15-7-9-16(10-8-15)27(30)31)23-18(26)12-25(4,5)14-20(23)29/h7-10,21H,6,11-14H2,1-5H3. The number of hydrogen-bond donors (Lipinski definition) is 0. The van der Waals surface area contributed by atoms with Gasteiger partial charge in [0.2, 0.25) is 0 Å². The van der Waals surface area contributed by atoms with Crippen molar-refractivity contribution in [2.24, 2.45) is 10.8 Å². The minimum atomic E-state index is -0.444. The van der Waals surface area contributed by atoms with Crippen LogP contribution in [0.25, 0.3) is 0 Å². The lowest BCUT2D eigenvalue weighted by atomic mass is 9.63. The summed E-state index contributed by atoms with van der Waals surface area (Å²) < 4.78 is 0. The van der Waals surface area contributed by atoms with Crippen molar-refractivity contribution in [3.63, 3.8) is 0 Å². The van der Waals surface area contributed by atoms with Crippen molar-refractivity contribution >= 4 is 17.3 Å². The van der Waals surface area contributed by atoms with Crippen LogP contribution >= 0.6 is 0 Å². The molecule has 6 nitrogen and oxygen atoms in total.